The highest BCUT2D eigenvalue weighted by Gasteiger charge is 2.29. The van der Waals surface area contributed by atoms with E-state index in [1.807, 2.05) is 36.4 Å². The molecule has 0 amide bonds. The van der Waals surface area contributed by atoms with E-state index in [0.29, 0.717) is 12.0 Å². The van der Waals surface area contributed by atoms with Crippen molar-refractivity contribution in [2.45, 2.75) is 39.3 Å². The number of piperazine rings is 1. The number of carbonyl (C=O) groups is 1. The zero-order valence-electron chi connectivity index (χ0n) is 17.9. The van der Waals surface area contributed by atoms with Crippen LogP contribution in [0.3, 0.4) is 0 Å². The number of nitrogens with zero attached hydrogens (tertiary/aromatic N) is 3. The van der Waals surface area contributed by atoms with Crippen molar-refractivity contribution in [3.05, 3.63) is 58.6 Å². The molecule has 1 aromatic heterocycles. The summed E-state index contributed by atoms with van der Waals surface area (Å²) in [5.74, 6) is -0.199. The van der Waals surface area contributed by atoms with Crippen LogP contribution < -0.4 is 4.90 Å². The van der Waals surface area contributed by atoms with Gasteiger partial charge in [0.25, 0.3) is 0 Å². The highest BCUT2D eigenvalue weighted by atomic mass is 35.5. The second kappa shape index (κ2) is 9.55. The molecule has 5 nitrogen and oxygen atoms in total. The van der Waals surface area contributed by atoms with Crippen LogP contribution in [-0.4, -0.2) is 46.6 Å². The van der Waals surface area contributed by atoms with Crippen molar-refractivity contribution in [1.82, 2.24) is 9.88 Å². The molecule has 2 heterocycles. The van der Waals surface area contributed by atoms with E-state index in [1.165, 1.54) is 5.56 Å². The Bertz CT molecular complexity index is 1070. The number of anilines is 1. The summed E-state index contributed by atoms with van der Waals surface area (Å²) < 4.78 is 1.13. The Morgan fingerprint density at radius 2 is 2.03 bits per heavy atom. The molecule has 4 rings (SSSR count). The van der Waals surface area contributed by atoms with Crippen LogP contribution in [-0.2, 0) is 17.8 Å². The first kappa shape index (κ1) is 22.1. The Morgan fingerprint density at radius 1 is 1.23 bits per heavy atom. The van der Waals surface area contributed by atoms with Crippen LogP contribution in [0.2, 0.25) is 5.02 Å². The van der Waals surface area contributed by atoms with Gasteiger partial charge < -0.3 is 10.0 Å². The molecule has 0 spiro atoms. The Kier molecular flexibility index (Phi) is 6.80. The fourth-order valence-electron chi connectivity index (χ4n) is 4.34. The summed E-state index contributed by atoms with van der Waals surface area (Å²) in [6.45, 7) is 8.23. The van der Waals surface area contributed by atoms with Gasteiger partial charge in [-0.3, -0.25) is 9.69 Å². The number of hydrogen-bond acceptors (Lipinski definition) is 5. The summed E-state index contributed by atoms with van der Waals surface area (Å²) in [7, 11) is 0. The van der Waals surface area contributed by atoms with Crippen molar-refractivity contribution in [1.29, 1.82) is 0 Å². The van der Waals surface area contributed by atoms with Crippen LogP contribution in [0.25, 0.3) is 10.2 Å². The van der Waals surface area contributed by atoms with Gasteiger partial charge in [0.15, 0.2) is 5.13 Å². The first-order valence-electron chi connectivity index (χ1n) is 10.7. The Morgan fingerprint density at radius 3 is 2.81 bits per heavy atom. The maximum atomic E-state index is 11.0. The molecule has 0 radical (unpaired) electrons. The number of aliphatic carboxylic acids is 1. The van der Waals surface area contributed by atoms with Crippen LogP contribution in [0.5, 0.6) is 0 Å². The van der Waals surface area contributed by atoms with Gasteiger partial charge in [-0.15, -0.1) is 0 Å². The van der Waals surface area contributed by atoms with Gasteiger partial charge in [0.1, 0.15) is 0 Å². The van der Waals surface area contributed by atoms with Crippen LogP contribution >= 0.6 is 22.9 Å². The van der Waals surface area contributed by atoms with Gasteiger partial charge in [-0.2, -0.15) is 0 Å². The maximum absolute atomic E-state index is 11.0. The van der Waals surface area contributed by atoms with Crippen molar-refractivity contribution in [3.8, 4) is 0 Å². The largest absolute Gasteiger partial charge is 0.481 e. The highest BCUT2D eigenvalue weighted by Crippen LogP contribution is 2.34. The normalized spacial score (nSPS) is 17.5. The molecule has 1 atom stereocenters. The van der Waals surface area contributed by atoms with E-state index < -0.39 is 5.97 Å². The Labute approximate surface area is 192 Å². The van der Waals surface area contributed by atoms with Crippen LogP contribution in [0.1, 0.15) is 31.4 Å². The molecule has 1 saturated heterocycles. The standard InChI is InChI=1S/C24H28ClN3O2S/c1-16(2)10-20-15-27(14-18-5-3-4-17(11-18)12-23(29)30)8-9-28(20)24-26-21-7-6-19(25)13-22(21)31-24/h3-7,11,13,16,20H,8-10,12,14-15H2,1-2H3,(H,29,30)/t20-/m1/s1. The third-order valence-corrected chi connectivity index (χ3v) is 6.94. The SMILES string of the molecule is CC(C)C[C@@H]1CN(Cc2cccc(CC(=O)O)c2)CCN1c1nc2ccc(Cl)cc2s1. The monoisotopic (exact) mass is 457 g/mol. The summed E-state index contributed by atoms with van der Waals surface area (Å²) in [5, 5.41) is 10.9. The third-order valence-electron chi connectivity index (χ3n) is 5.65. The molecule has 0 aliphatic carbocycles. The van der Waals surface area contributed by atoms with Gasteiger partial charge in [-0.05, 0) is 41.7 Å². The van der Waals surface area contributed by atoms with E-state index in [0.717, 1.165) is 58.5 Å². The van der Waals surface area contributed by atoms with Gasteiger partial charge in [-0.1, -0.05) is 61.1 Å². The second-order valence-electron chi connectivity index (χ2n) is 8.71. The van der Waals surface area contributed by atoms with Gasteiger partial charge in [0.2, 0.25) is 0 Å². The lowest BCUT2D eigenvalue weighted by atomic mass is 10.00. The fourth-order valence-corrected chi connectivity index (χ4v) is 5.68. The molecule has 164 valence electrons. The first-order valence-corrected chi connectivity index (χ1v) is 11.9. The van der Waals surface area contributed by atoms with Crippen molar-refractivity contribution in [2.24, 2.45) is 5.92 Å². The average Bonchev–Trinajstić information content (AvgIpc) is 3.10. The smallest absolute Gasteiger partial charge is 0.307 e. The van der Waals surface area contributed by atoms with E-state index in [-0.39, 0.29) is 6.42 Å². The average molecular weight is 458 g/mol. The number of carboxylic acid groups (broad SMARTS) is 1. The number of thiazole rings is 1. The number of hydrogen-bond donors (Lipinski definition) is 1. The minimum atomic E-state index is -0.792. The van der Waals surface area contributed by atoms with Crippen LogP contribution in [0.15, 0.2) is 42.5 Å². The molecule has 1 N–H and O–H groups in total. The number of carboxylic acids is 1. The van der Waals surface area contributed by atoms with E-state index >= 15 is 0 Å². The molecule has 0 unspecified atom stereocenters. The maximum Gasteiger partial charge on any atom is 0.307 e. The molecule has 1 fully saturated rings. The van der Waals surface area contributed by atoms with Crippen molar-refractivity contribution >= 4 is 44.3 Å². The number of halogens is 1. The second-order valence-corrected chi connectivity index (χ2v) is 10.2. The third kappa shape index (κ3) is 5.56. The molecular weight excluding hydrogens is 430 g/mol. The van der Waals surface area contributed by atoms with Crippen LogP contribution in [0, 0.1) is 5.92 Å². The summed E-state index contributed by atoms with van der Waals surface area (Å²) in [5.41, 5.74) is 3.03. The van der Waals surface area contributed by atoms with Gasteiger partial charge in [0, 0.05) is 37.2 Å². The first-order chi connectivity index (χ1) is 14.9. The zero-order valence-corrected chi connectivity index (χ0v) is 19.5. The van der Waals surface area contributed by atoms with Gasteiger partial charge in [-0.25, -0.2) is 4.98 Å². The van der Waals surface area contributed by atoms with Crippen molar-refractivity contribution < 1.29 is 9.90 Å². The molecule has 31 heavy (non-hydrogen) atoms. The molecule has 0 saturated carbocycles. The number of benzene rings is 2. The predicted molar refractivity (Wildman–Crippen MR) is 128 cm³/mol. The van der Waals surface area contributed by atoms with Crippen molar-refractivity contribution in [2.75, 3.05) is 24.5 Å². The zero-order chi connectivity index (χ0) is 22.0. The molecule has 0 bridgehead atoms. The minimum absolute atomic E-state index is 0.0687. The lowest BCUT2D eigenvalue weighted by molar-refractivity contribution is -0.136. The summed E-state index contributed by atoms with van der Waals surface area (Å²) >= 11 is 7.89. The van der Waals surface area contributed by atoms with E-state index in [9.17, 15) is 4.79 Å². The summed E-state index contributed by atoms with van der Waals surface area (Å²) in [6.07, 6.45) is 1.17. The van der Waals surface area contributed by atoms with Gasteiger partial charge >= 0.3 is 5.97 Å². The van der Waals surface area contributed by atoms with Gasteiger partial charge in [0.05, 0.1) is 16.6 Å². The van der Waals surface area contributed by atoms with E-state index in [2.05, 4.69) is 29.7 Å². The number of aromatic nitrogens is 1. The minimum Gasteiger partial charge on any atom is -0.481 e. The molecule has 2 aromatic carbocycles. The van der Waals surface area contributed by atoms with E-state index in [4.69, 9.17) is 21.7 Å². The molecular formula is C24H28ClN3O2S. The van der Waals surface area contributed by atoms with Crippen molar-refractivity contribution in [3.63, 3.8) is 0 Å². The topological polar surface area (TPSA) is 56.7 Å². The molecule has 3 aromatic rings. The molecule has 1 aliphatic rings. The summed E-state index contributed by atoms with van der Waals surface area (Å²) in [6, 6.07) is 14.2. The number of rotatable bonds is 7. The Balaban J connectivity index is 1.50. The highest BCUT2D eigenvalue weighted by molar-refractivity contribution is 7.22. The number of fused-ring (bicyclic) bond motifs is 1. The quantitative estimate of drug-likeness (QED) is 0.520. The summed E-state index contributed by atoms with van der Waals surface area (Å²) in [4.78, 5) is 20.9. The van der Waals surface area contributed by atoms with E-state index in [1.54, 1.807) is 11.3 Å². The molecule has 1 aliphatic heterocycles. The Hall–Kier alpha value is -2.15. The predicted octanol–water partition coefficient (Wildman–Crippen LogP) is 5.31. The lowest BCUT2D eigenvalue weighted by Crippen LogP contribution is -2.53. The fraction of sp³-hybridized carbons (Fsp3) is 0.417. The van der Waals surface area contributed by atoms with Crippen LogP contribution in [0.4, 0.5) is 5.13 Å². The molecule has 7 heteroatoms. The lowest BCUT2D eigenvalue weighted by Gasteiger charge is -2.42.